The normalized spacial score (nSPS) is 17.4. The van der Waals surface area contributed by atoms with Crippen LogP contribution in [0.15, 0.2) is 48.5 Å². The third kappa shape index (κ3) is 4.20. The second kappa shape index (κ2) is 8.17. The van der Waals surface area contributed by atoms with Crippen molar-refractivity contribution < 1.29 is 9.53 Å². The van der Waals surface area contributed by atoms with Gasteiger partial charge in [-0.05, 0) is 43.5 Å². The van der Waals surface area contributed by atoms with Gasteiger partial charge in [0, 0.05) is 18.2 Å². The maximum Gasteiger partial charge on any atom is 0.234 e. The van der Waals surface area contributed by atoms with Crippen LogP contribution in [0.1, 0.15) is 35.6 Å². The minimum Gasteiger partial charge on any atom is -0.496 e. The first-order chi connectivity index (χ1) is 12.2. The monoisotopic (exact) mass is 338 g/mol. The Morgan fingerprint density at radius 3 is 2.76 bits per heavy atom. The molecule has 0 bridgehead atoms. The number of carbonyl (C=O) groups excluding carboxylic acids is 1. The topological polar surface area (TPSA) is 41.6 Å². The molecule has 2 aromatic carbocycles. The van der Waals surface area contributed by atoms with Crippen LogP contribution in [0.25, 0.3) is 0 Å². The molecule has 1 saturated heterocycles. The van der Waals surface area contributed by atoms with Gasteiger partial charge in [-0.2, -0.15) is 0 Å². The Balaban J connectivity index is 1.60. The molecule has 2 aromatic rings. The van der Waals surface area contributed by atoms with E-state index in [1.165, 1.54) is 11.1 Å². The summed E-state index contributed by atoms with van der Waals surface area (Å²) in [6, 6.07) is 16.6. The summed E-state index contributed by atoms with van der Waals surface area (Å²) >= 11 is 0. The van der Waals surface area contributed by atoms with Crippen LogP contribution in [0.4, 0.5) is 0 Å². The van der Waals surface area contributed by atoms with E-state index in [1.54, 1.807) is 7.11 Å². The van der Waals surface area contributed by atoms with Crippen LogP contribution in [0.3, 0.4) is 0 Å². The van der Waals surface area contributed by atoms with Gasteiger partial charge in [0.1, 0.15) is 5.75 Å². The number of benzene rings is 2. The van der Waals surface area contributed by atoms with Gasteiger partial charge in [-0.15, -0.1) is 0 Å². The zero-order valence-corrected chi connectivity index (χ0v) is 15.0. The second-order valence-corrected chi connectivity index (χ2v) is 6.57. The molecule has 1 aliphatic heterocycles. The Morgan fingerprint density at radius 1 is 1.20 bits per heavy atom. The van der Waals surface area contributed by atoms with E-state index in [1.807, 2.05) is 24.3 Å². The summed E-state index contributed by atoms with van der Waals surface area (Å²) in [6.45, 7) is 4.05. The number of para-hydroxylation sites is 1. The fourth-order valence-electron chi connectivity index (χ4n) is 3.61. The van der Waals surface area contributed by atoms with Crippen LogP contribution in [-0.4, -0.2) is 31.0 Å². The van der Waals surface area contributed by atoms with Crippen molar-refractivity contribution in [2.45, 2.75) is 32.4 Å². The quantitative estimate of drug-likeness (QED) is 0.877. The Morgan fingerprint density at radius 2 is 1.96 bits per heavy atom. The van der Waals surface area contributed by atoms with Crippen molar-refractivity contribution >= 4 is 5.91 Å². The van der Waals surface area contributed by atoms with Crippen molar-refractivity contribution in [1.29, 1.82) is 0 Å². The van der Waals surface area contributed by atoms with Gasteiger partial charge in [-0.25, -0.2) is 0 Å². The Bertz CT molecular complexity index is 729. The van der Waals surface area contributed by atoms with Crippen molar-refractivity contribution in [1.82, 2.24) is 10.2 Å². The SMILES string of the molecule is COc1ccccc1CNC(=O)CN1CCCC1c1ccccc1C. The van der Waals surface area contributed by atoms with Crippen molar-refractivity contribution in [2.24, 2.45) is 0 Å². The van der Waals surface area contributed by atoms with Gasteiger partial charge in [-0.1, -0.05) is 42.5 Å². The molecule has 1 atom stereocenters. The number of hydrogen-bond donors (Lipinski definition) is 1. The molecular formula is C21H26N2O2. The number of ether oxygens (including phenoxy) is 1. The first kappa shape index (κ1) is 17.5. The molecule has 1 heterocycles. The lowest BCUT2D eigenvalue weighted by atomic mass is 9.99. The summed E-state index contributed by atoms with van der Waals surface area (Å²) in [5.74, 6) is 0.869. The zero-order chi connectivity index (χ0) is 17.6. The Kier molecular flexibility index (Phi) is 5.71. The smallest absolute Gasteiger partial charge is 0.234 e. The van der Waals surface area contributed by atoms with Gasteiger partial charge >= 0.3 is 0 Å². The molecule has 0 spiro atoms. The van der Waals surface area contributed by atoms with Crippen molar-refractivity contribution in [3.8, 4) is 5.75 Å². The van der Waals surface area contributed by atoms with Gasteiger partial charge in [0.05, 0.1) is 13.7 Å². The number of hydrogen-bond acceptors (Lipinski definition) is 3. The minimum absolute atomic E-state index is 0.0615. The molecule has 1 aliphatic rings. The summed E-state index contributed by atoms with van der Waals surface area (Å²) in [6.07, 6.45) is 2.25. The summed E-state index contributed by atoms with van der Waals surface area (Å²) in [7, 11) is 1.65. The predicted molar refractivity (Wildman–Crippen MR) is 99.6 cm³/mol. The summed E-state index contributed by atoms with van der Waals surface area (Å²) in [5, 5.41) is 3.03. The van der Waals surface area contributed by atoms with Crippen molar-refractivity contribution in [3.05, 3.63) is 65.2 Å². The number of carbonyl (C=O) groups is 1. The molecule has 4 nitrogen and oxygen atoms in total. The average Bonchev–Trinajstić information content (AvgIpc) is 3.08. The van der Waals surface area contributed by atoms with Crippen LogP contribution < -0.4 is 10.1 Å². The highest BCUT2D eigenvalue weighted by atomic mass is 16.5. The summed E-state index contributed by atoms with van der Waals surface area (Å²) < 4.78 is 5.34. The first-order valence-corrected chi connectivity index (χ1v) is 8.87. The van der Waals surface area contributed by atoms with Gasteiger partial charge < -0.3 is 10.1 Å². The van der Waals surface area contributed by atoms with E-state index < -0.39 is 0 Å². The minimum atomic E-state index is 0.0615. The van der Waals surface area contributed by atoms with E-state index in [4.69, 9.17) is 4.74 Å². The van der Waals surface area contributed by atoms with Crippen molar-refractivity contribution in [3.63, 3.8) is 0 Å². The summed E-state index contributed by atoms with van der Waals surface area (Å²) in [4.78, 5) is 14.7. The van der Waals surface area contributed by atoms with Crippen LogP contribution in [-0.2, 0) is 11.3 Å². The predicted octanol–water partition coefficient (Wildman–Crippen LogP) is 3.46. The lowest BCUT2D eigenvalue weighted by molar-refractivity contribution is -0.122. The zero-order valence-electron chi connectivity index (χ0n) is 15.0. The van der Waals surface area contributed by atoms with Gasteiger partial charge in [0.2, 0.25) is 5.91 Å². The number of nitrogens with zero attached hydrogens (tertiary/aromatic N) is 1. The van der Waals surface area contributed by atoms with E-state index in [9.17, 15) is 4.79 Å². The number of aryl methyl sites for hydroxylation is 1. The molecule has 0 saturated carbocycles. The van der Waals surface area contributed by atoms with Crippen LogP contribution >= 0.6 is 0 Å². The van der Waals surface area contributed by atoms with Crippen LogP contribution in [0, 0.1) is 6.92 Å². The number of methoxy groups -OCH3 is 1. The van der Waals surface area contributed by atoms with E-state index in [0.29, 0.717) is 19.1 Å². The van der Waals surface area contributed by atoms with Gasteiger partial charge in [0.15, 0.2) is 0 Å². The molecule has 1 unspecified atom stereocenters. The van der Waals surface area contributed by atoms with Crippen LogP contribution in [0.5, 0.6) is 5.75 Å². The van der Waals surface area contributed by atoms with Crippen LogP contribution in [0.2, 0.25) is 0 Å². The maximum absolute atomic E-state index is 12.4. The Labute approximate surface area is 149 Å². The van der Waals surface area contributed by atoms with Gasteiger partial charge in [0.25, 0.3) is 0 Å². The number of amides is 1. The standard InChI is InChI=1S/C21H26N2O2/c1-16-8-3-5-10-18(16)19-11-7-13-23(19)15-21(24)22-14-17-9-4-6-12-20(17)25-2/h3-6,8-10,12,19H,7,11,13-15H2,1-2H3,(H,22,24). The van der Waals surface area contributed by atoms with E-state index in [-0.39, 0.29) is 5.91 Å². The number of nitrogens with one attached hydrogen (secondary N) is 1. The molecule has 1 N–H and O–H groups in total. The molecule has 1 amide bonds. The second-order valence-electron chi connectivity index (χ2n) is 6.57. The largest absolute Gasteiger partial charge is 0.496 e. The fraction of sp³-hybridized carbons (Fsp3) is 0.381. The molecular weight excluding hydrogens is 312 g/mol. The van der Waals surface area contributed by atoms with Gasteiger partial charge in [-0.3, -0.25) is 9.69 Å². The molecule has 25 heavy (non-hydrogen) atoms. The molecule has 4 heteroatoms. The van der Waals surface area contributed by atoms with E-state index in [0.717, 1.165) is 30.7 Å². The molecule has 0 aliphatic carbocycles. The lowest BCUT2D eigenvalue weighted by Crippen LogP contribution is -2.36. The highest BCUT2D eigenvalue weighted by Gasteiger charge is 2.28. The average molecular weight is 338 g/mol. The third-order valence-electron chi connectivity index (χ3n) is 4.93. The highest BCUT2D eigenvalue weighted by Crippen LogP contribution is 2.33. The first-order valence-electron chi connectivity index (χ1n) is 8.87. The highest BCUT2D eigenvalue weighted by molar-refractivity contribution is 5.78. The molecule has 0 aromatic heterocycles. The van der Waals surface area contributed by atoms with Crippen molar-refractivity contribution in [2.75, 3.05) is 20.2 Å². The third-order valence-corrected chi connectivity index (χ3v) is 4.93. The molecule has 0 radical (unpaired) electrons. The Hall–Kier alpha value is -2.33. The number of rotatable bonds is 6. The maximum atomic E-state index is 12.4. The van der Waals surface area contributed by atoms with E-state index >= 15 is 0 Å². The summed E-state index contributed by atoms with van der Waals surface area (Å²) in [5.41, 5.74) is 3.64. The van der Waals surface area contributed by atoms with E-state index in [2.05, 4.69) is 41.4 Å². The molecule has 3 rings (SSSR count). The lowest BCUT2D eigenvalue weighted by Gasteiger charge is -2.25. The fourth-order valence-corrected chi connectivity index (χ4v) is 3.61. The molecule has 132 valence electrons. The number of likely N-dealkylation sites (tertiary alicyclic amines) is 1. The molecule has 1 fully saturated rings.